The molecule has 0 spiro atoms. The maximum absolute atomic E-state index is 12.3. The molecule has 122 valence electrons. The van der Waals surface area contributed by atoms with Gasteiger partial charge < -0.3 is 5.32 Å². The van der Waals surface area contributed by atoms with Gasteiger partial charge in [0.05, 0.1) is 5.56 Å². The number of pyridine rings is 1. The third kappa shape index (κ3) is 4.08. The smallest absolute Gasteiger partial charge is 0.253 e. The highest BCUT2D eigenvalue weighted by molar-refractivity contribution is 5.94. The van der Waals surface area contributed by atoms with Gasteiger partial charge in [-0.3, -0.25) is 9.69 Å². The van der Waals surface area contributed by atoms with Crippen LogP contribution in [0.3, 0.4) is 0 Å². The minimum atomic E-state index is -0.0857. The Labute approximate surface area is 137 Å². The number of hydrogen-bond acceptors (Lipinski definition) is 4. The zero-order valence-corrected chi connectivity index (χ0v) is 13.5. The Morgan fingerprint density at radius 2 is 2.04 bits per heavy atom. The van der Waals surface area contributed by atoms with Crippen molar-refractivity contribution in [2.75, 3.05) is 13.1 Å². The van der Waals surface area contributed by atoms with Gasteiger partial charge in [-0.05, 0) is 44.4 Å². The molecule has 0 radical (unpaired) electrons. The first-order chi connectivity index (χ1) is 11.3. The summed E-state index contributed by atoms with van der Waals surface area (Å²) in [5, 5.41) is 11.9. The largest absolute Gasteiger partial charge is 0.348 e. The second-order valence-corrected chi connectivity index (χ2v) is 6.64. The lowest BCUT2D eigenvalue weighted by molar-refractivity contribution is 0.0835. The Kier molecular flexibility index (Phi) is 5.24. The van der Waals surface area contributed by atoms with Crippen molar-refractivity contribution in [3.05, 3.63) is 29.6 Å². The highest BCUT2D eigenvalue weighted by Crippen LogP contribution is 2.25. The highest BCUT2D eigenvalue weighted by Gasteiger charge is 2.27. The van der Waals surface area contributed by atoms with Crippen LogP contribution in [0.25, 0.3) is 0 Å². The molecule has 2 aliphatic rings. The summed E-state index contributed by atoms with van der Waals surface area (Å²) in [4.78, 5) is 18.9. The predicted molar refractivity (Wildman–Crippen MR) is 87.9 cm³/mol. The number of nitrogens with one attached hydrogen (secondary N) is 1. The van der Waals surface area contributed by atoms with Gasteiger partial charge in [0, 0.05) is 24.8 Å². The monoisotopic (exact) mass is 312 g/mol. The average Bonchev–Trinajstić information content (AvgIpc) is 2.63. The summed E-state index contributed by atoms with van der Waals surface area (Å²) in [6.07, 6.45) is 10.3. The van der Waals surface area contributed by atoms with Crippen LogP contribution in [-0.4, -0.2) is 41.0 Å². The third-order valence-corrected chi connectivity index (χ3v) is 5.02. The molecule has 1 aliphatic carbocycles. The molecule has 1 atom stereocenters. The van der Waals surface area contributed by atoms with Crippen molar-refractivity contribution in [1.29, 1.82) is 5.26 Å². The number of carbonyl (C=O) groups is 1. The molecule has 0 bridgehead atoms. The van der Waals surface area contributed by atoms with Crippen LogP contribution in [0, 0.1) is 11.3 Å². The van der Waals surface area contributed by atoms with E-state index in [9.17, 15) is 4.79 Å². The Hall–Kier alpha value is -1.93. The van der Waals surface area contributed by atoms with Gasteiger partial charge in [0.1, 0.15) is 11.8 Å². The molecule has 1 aromatic heterocycles. The van der Waals surface area contributed by atoms with Crippen molar-refractivity contribution in [1.82, 2.24) is 15.2 Å². The van der Waals surface area contributed by atoms with Crippen molar-refractivity contribution in [2.24, 2.45) is 0 Å². The molecule has 1 saturated carbocycles. The molecule has 1 saturated heterocycles. The summed E-state index contributed by atoms with van der Waals surface area (Å²) in [6.45, 7) is 2.12. The van der Waals surface area contributed by atoms with E-state index in [4.69, 9.17) is 5.26 Å². The van der Waals surface area contributed by atoms with Crippen molar-refractivity contribution < 1.29 is 4.79 Å². The van der Waals surface area contributed by atoms with Crippen molar-refractivity contribution >= 4 is 5.91 Å². The van der Waals surface area contributed by atoms with E-state index in [0.717, 1.165) is 25.9 Å². The van der Waals surface area contributed by atoms with Crippen molar-refractivity contribution in [3.63, 3.8) is 0 Å². The van der Waals surface area contributed by atoms with Gasteiger partial charge in [-0.15, -0.1) is 0 Å². The van der Waals surface area contributed by atoms with Gasteiger partial charge in [0.15, 0.2) is 0 Å². The van der Waals surface area contributed by atoms with E-state index in [1.807, 2.05) is 6.07 Å². The first-order valence-corrected chi connectivity index (χ1v) is 8.67. The second kappa shape index (κ2) is 7.56. The molecule has 1 aromatic rings. The molecule has 0 aromatic carbocycles. The third-order valence-electron chi connectivity index (χ3n) is 5.02. The summed E-state index contributed by atoms with van der Waals surface area (Å²) < 4.78 is 0. The van der Waals surface area contributed by atoms with Crippen LogP contribution in [0.2, 0.25) is 0 Å². The number of amides is 1. The van der Waals surface area contributed by atoms with Gasteiger partial charge in [-0.1, -0.05) is 19.3 Å². The molecule has 1 N–H and O–H groups in total. The molecule has 2 fully saturated rings. The van der Waals surface area contributed by atoms with Crippen LogP contribution < -0.4 is 5.32 Å². The first kappa shape index (κ1) is 15.9. The fourth-order valence-electron chi connectivity index (χ4n) is 3.77. The van der Waals surface area contributed by atoms with E-state index >= 15 is 0 Å². The van der Waals surface area contributed by atoms with E-state index in [1.165, 1.54) is 38.3 Å². The minimum Gasteiger partial charge on any atom is -0.348 e. The Morgan fingerprint density at radius 3 is 2.74 bits per heavy atom. The first-order valence-electron chi connectivity index (χ1n) is 8.67. The topological polar surface area (TPSA) is 69.0 Å². The fourth-order valence-corrected chi connectivity index (χ4v) is 3.77. The average molecular weight is 312 g/mol. The Bertz CT molecular complexity index is 572. The van der Waals surface area contributed by atoms with E-state index in [2.05, 4.69) is 15.2 Å². The summed E-state index contributed by atoms with van der Waals surface area (Å²) in [6, 6.07) is 6.15. The molecule has 1 aliphatic heterocycles. The number of rotatable bonds is 3. The summed E-state index contributed by atoms with van der Waals surface area (Å²) in [5.41, 5.74) is 0.862. The maximum Gasteiger partial charge on any atom is 0.253 e. The van der Waals surface area contributed by atoms with Crippen LogP contribution in [0.4, 0.5) is 0 Å². The van der Waals surface area contributed by atoms with E-state index in [0.29, 0.717) is 17.3 Å². The van der Waals surface area contributed by atoms with Crippen LogP contribution in [-0.2, 0) is 0 Å². The molecule has 1 amide bonds. The molecule has 23 heavy (non-hydrogen) atoms. The predicted octanol–water partition coefficient (Wildman–Crippen LogP) is 2.48. The lowest BCUT2D eigenvalue weighted by Gasteiger charge is -2.40. The molecule has 5 heteroatoms. The Balaban J connectivity index is 1.56. The standard InChI is InChI=1S/C18H24N4O/c19-11-15-9-8-14(12-20-15)18(23)21-16-5-4-10-22(13-16)17-6-2-1-3-7-17/h8-9,12,16-17H,1-7,10,13H2,(H,21,23). The normalized spacial score (nSPS) is 23.2. The molecule has 1 unspecified atom stereocenters. The number of piperidine rings is 1. The van der Waals surface area contributed by atoms with Gasteiger partial charge >= 0.3 is 0 Å². The number of nitrogens with zero attached hydrogens (tertiary/aromatic N) is 3. The zero-order chi connectivity index (χ0) is 16.1. The molecule has 2 heterocycles. The number of likely N-dealkylation sites (tertiary alicyclic amines) is 1. The number of nitriles is 1. The molecular formula is C18H24N4O. The van der Waals surface area contributed by atoms with Gasteiger partial charge in [0.2, 0.25) is 0 Å². The summed E-state index contributed by atoms with van der Waals surface area (Å²) >= 11 is 0. The number of hydrogen-bond donors (Lipinski definition) is 1. The Morgan fingerprint density at radius 1 is 1.22 bits per heavy atom. The van der Waals surface area contributed by atoms with Crippen LogP contribution >= 0.6 is 0 Å². The molecular weight excluding hydrogens is 288 g/mol. The SMILES string of the molecule is N#Cc1ccc(C(=O)NC2CCCN(C3CCCCC3)C2)cn1. The highest BCUT2D eigenvalue weighted by atomic mass is 16.1. The zero-order valence-electron chi connectivity index (χ0n) is 13.5. The van der Waals surface area contributed by atoms with Crippen LogP contribution in [0.5, 0.6) is 0 Å². The van der Waals surface area contributed by atoms with Gasteiger partial charge in [0.25, 0.3) is 5.91 Å². The second-order valence-electron chi connectivity index (χ2n) is 6.64. The van der Waals surface area contributed by atoms with Crippen molar-refractivity contribution in [2.45, 2.75) is 57.0 Å². The number of carbonyl (C=O) groups excluding carboxylic acids is 1. The van der Waals surface area contributed by atoms with Gasteiger partial charge in [-0.2, -0.15) is 5.26 Å². The lowest BCUT2D eigenvalue weighted by atomic mass is 9.92. The van der Waals surface area contributed by atoms with E-state index in [-0.39, 0.29) is 11.9 Å². The van der Waals surface area contributed by atoms with E-state index in [1.54, 1.807) is 12.1 Å². The van der Waals surface area contributed by atoms with Gasteiger partial charge in [-0.25, -0.2) is 4.98 Å². The van der Waals surface area contributed by atoms with Crippen LogP contribution in [0.15, 0.2) is 18.3 Å². The summed E-state index contributed by atoms with van der Waals surface area (Å²) in [7, 11) is 0. The number of aromatic nitrogens is 1. The molecule has 3 rings (SSSR count). The van der Waals surface area contributed by atoms with Crippen molar-refractivity contribution in [3.8, 4) is 6.07 Å². The van der Waals surface area contributed by atoms with E-state index < -0.39 is 0 Å². The molecule has 5 nitrogen and oxygen atoms in total. The van der Waals surface area contributed by atoms with Crippen LogP contribution in [0.1, 0.15) is 61.0 Å². The maximum atomic E-state index is 12.3. The minimum absolute atomic E-state index is 0.0857. The lowest BCUT2D eigenvalue weighted by Crippen LogP contribution is -2.51. The summed E-state index contributed by atoms with van der Waals surface area (Å²) in [5.74, 6) is -0.0857. The fraction of sp³-hybridized carbons (Fsp3) is 0.611. The quantitative estimate of drug-likeness (QED) is 0.931.